The number of benzene rings is 2. The van der Waals surface area contributed by atoms with Crippen LogP contribution in [0.15, 0.2) is 49.3 Å². The number of hydrogen-bond acceptors (Lipinski definition) is 5. The third kappa shape index (κ3) is 2.21. The zero-order chi connectivity index (χ0) is 16.8. The van der Waals surface area contributed by atoms with Crippen LogP contribution in [0.5, 0.6) is 0 Å². The molecule has 2 aromatic carbocycles. The molecule has 0 spiro atoms. The molecule has 6 heteroatoms. The van der Waals surface area contributed by atoms with Crippen molar-refractivity contribution in [3.05, 3.63) is 59.9 Å². The summed E-state index contributed by atoms with van der Waals surface area (Å²) >= 11 is 7.99. The molecule has 4 aromatic rings. The SMILES string of the molecule is C=C(O)c1cccc(-c2ccc3c(c2)sc2c(N)ncnc23)c1Cl. The molecule has 118 valence electrons. The number of hydrogen-bond donors (Lipinski definition) is 2. The maximum absolute atomic E-state index is 9.67. The number of rotatable bonds is 2. The number of aliphatic hydroxyl groups excluding tert-OH is 1. The standard InChI is InChI=1S/C18H12ClN3OS/c1-9(23)11-3-2-4-12(15(11)19)10-5-6-13-14(7-10)24-17-16(13)21-8-22-18(17)20/h2-8,23H,1H2,(H2,20,21,22). The lowest BCUT2D eigenvalue weighted by atomic mass is 10.0. The van der Waals surface area contributed by atoms with Gasteiger partial charge in [-0.1, -0.05) is 42.4 Å². The normalized spacial score (nSPS) is 11.2. The summed E-state index contributed by atoms with van der Waals surface area (Å²) in [6.07, 6.45) is 1.48. The molecular formula is C18H12ClN3OS. The van der Waals surface area contributed by atoms with Crippen LogP contribution in [0.1, 0.15) is 5.56 Å². The van der Waals surface area contributed by atoms with Gasteiger partial charge in [0.2, 0.25) is 0 Å². The Bertz CT molecular complexity index is 1120. The van der Waals surface area contributed by atoms with Crippen molar-refractivity contribution in [2.45, 2.75) is 0 Å². The lowest BCUT2D eigenvalue weighted by Gasteiger charge is -2.09. The first-order valence-corrected chi connectivity index (χ1v) is 8.35. The fourth-order valence-corrected chi connectivity index (χ4v) is 4.18. The lowest BCUT2D eigenvalue weighted by Crippen LogP contribution is -1.89. The molecule has 2 aromatic heterocycles. The highest BCUT2D eigenvalue weighted by Gasteiger charge is 2.13. The first kappa shape index (κ1) is 14.9. The Hall–Kier alpha value is -2.63. The van der Waals surface area contributed by atoms with Gasteiger partial charge in [0.1, 0.15) is 17.9 Å². The molecule has 2 heterocycles. The molecule has 0 unspecified atom stereocenters. The predicted molar refractivity (Wildman–Crippen MR) is 101 cm³/mol. The van der Waals surface area contributed by atoms with Gasteiger partial charge in [-0.3, -0.25) is 0 Å². The number of nitrogens with zero attached hydrogens (tertiary/aromatic N) is 2. The Morgan fingerprint density at radius 3 is 2.83 bits per heavy atom. The van der Waals surface area contributed by atoms with Crippen LogP contribution >= 0.6 is 22.9 Å². The number of thiophene rings is 1. The Kier molecular flexibility index (Phi) is 3.40. The van der Waals surface area contributed by atoms with Gasteiger partial charge in [-0.25, -0.2) is 9.97 Å². The van der Waals surface area contributed by atoms with E-state index in [9.17, 15) is 5.11 Å². The van der Waals surface area contributed by atoms with E-state index in [1.54, 1.807) is 17.4 Å². The van der Waals surface area contributed by atoms with Gasteiger partial charge >= 0.3 is 0 Å². The van der Waals surface area contributed by atoms with E-state index in [-0.39, 0.29) is 5.76 Å². The van der Waals surface area contributed by atoms with Crippen LogP contribution in [0.25, 0.3) is 37.2 Å². The fraction of sp³-hybridized carbons (Fsp3) is 0. The largest absolute Gasteiger partial charge is 0.508 e. The van der Waals surface area contributed by atoms with E-state index in [4.69, 9.17) is 17.3 Å². The summed E-state index contributed by atoms with van der Waals surface area (Å²) in [6, 6.07) is 11.5. The molecule has 24 heavy (non-hydrogen) atoms. The fourth-order valence-electron chi connectivity index (χ4n) is 2.74. The van der Waals surface area contributed by atoms with Gasteiger partial charge in [-0.15, -0.1) is 11.3 Å². The van der Waals surface area contributed by atoms with Crippen molar-refractivity contribution in [3.63, 3.8) is 0 Å². The molecule has 0 saturated heterocycles. The number of anilines is 1. The number of aliphatic hydroxyl groups is 1. The summed E-state index contributed by atoms with van der Waals surface area (Å²) in [6.45, 7) is 3.55. The van der Waals surface area contributed by atoms with Crippen LogP contribution in [0.4, 0.5) is 5.82 Å². The Balaban J connectivity index is 1.96. The predicted octanol–water partition coefficient (Wildman–Crippen LogP) is 5.28. The summed E-state index contributed by atoms with van der Waals surface area (Å²) in [5, 5.41) is 11.2. The molecule has 0 fully saturated rings. The molecule has 0 amide bonds. The van der Waals surface area contributed by atoms with E-state index in [0.29, 0.717) is 16.4 Å². The van der Waals surface area contributed by atoms with E-state index in [1.165, 1.54) is 6.33 Å². The van der Waals surface area contributed by atoms with Gasteiger partial charge in [0, 0.05) is 21.2 Å². The number of aromatic nitrogens is 2. The average Bonchev–Trinajstić information content (AvgIpc) is 2.94. The third-order valence-corrected chi connectivity index (χ3v) is 5.47. The zero-order valence-electron chi connectivity index (χ0n) is 12.5. The maximum Gasteiger partial charge on any atom is 0.144 e. The highest BCUT2D eigenvalue weighted by Crippen LogP contribution is 2.39. The van der Waals surface area contributed by atoms with Crippen LogP contribution in [0, 0.1) is 0 Å². The van der Waals surface area contributed by atoms with Crippen LogP contribution in [0.2, 0.25) is 5.02 Å². The summed E-state index contributed by atoms with van der Waals surface area (Å²) in [5.74, 6) is 0.437. The second kappa shape index (κ2) is 5.47. The van der Waals surface area contributed by atoms with Gasteiger partial charge in [-0.2, -0.15) is 0 Å². The van der Waals surface area contributed by atoms with Gasteiger partial charge in [0.15, 0.2) is 0 Å². The topological polar surface area (TPSA) is 72.0 Å². The van der Waals surface area contributed by atoms with E-state index >= 15 is 0 Å². The van der Waals surface area contributed by atoms with Crippen molar-refractivity contribution in [1.82, 2.24) is 9.97 Å². The Labute approximate surface area is 146 Å². The van der Waals surface area contributed by atoms with Crippen molar-refractivity contribution < 1.29 is 5.11 Å². The Morgan fingerprint density at radius 2 is 2.04 bits per heavy atom. The molecular weight excluding hydrogens is 342 g/mol. The molecule has 4 rings (SSSR count). The van der Waals surface area contributed by atoms with Crippen molar-refractivity contribution in [2.24, 2.45) is 0 Å². The second-order valence-electron chi connectivity index (χ2n) is 5.36. The summed E-state index contributed by atoms with van der Waals surface area (Å²) in [4.78, 5) is 8.38. The number of nitrogen functional groups attached to an aromatic ring is 1. The van der Waals surface area contributed by atoms with Crippen molar-refractivity contribution in [2.75, 3.05) is 5.73 Å². The minimum absolute atomic E-state index is 0.0483. The molecule has 0 aliphatic carbocycles. The minimum atomic E-state index is -0.0483. The van der Waals surface area contributed by atoms with Crippen LogP contribution in [0.3, 0.4) is 0 Å². The molecule has 0 bridgehead atoms. The van der Waals surface area contributed by atoms with Crippen LogP contribution in [-0.4, -0.2) is 15.1 Å². The van der Waals surface area contributed by atoms with E-state index in [1.807, 2.05) is 30.3 Å². The quantitative estimate of drug-likeness (QED) is 0.481. The monoisotopic (exact) mass is 353 g/mol. The second-order valence-corrected chi connectivity index (χ2v) is 6.79. The Morgan fingerprint density at radius 1 is 1.21 bits per heavy atom. The van der Waals surface area contributed by atoms with Gasteiger partial charge in [0.05, 0.1) is 15.2 Å². The first-order chi connectivity index (χ1) is 11.6. The number of fused-ring (bicyclic) bond motifs is 3. The third-order valence-electron chi connectivity index (χ3n) is 3.90. The van der Waals surface area contributed by atoms with Gasteiger partial charge in [-0.05, 0) is 17.7 Å². The molecule has 0 aliphatic heterocycles. The van der Waals surface area contributed by atoms with Crippen molar-refractivity contribution in [3.8, 4) is 11.1 Å². The molecule has 3 N–H and O–H groups in total. The van der Waals surface area contributed by atoms with Crippen molar-refractivity contribution >= 4 is 54.8 Å². The first-order valence-electron chi connectivity index (χ1n) is 7.16. The smallest absolute Gasteiger partial charge is 0.144 e. The van der Waals surface area contributed by atoms with Crippen molar-refractivity contribution in [1.29, 1.82) is 0 Å². The van der Waals surface area contributed by atoms with Crippen LogP contribution < -0.4 is 5.73 Å². The molecule has 0 aliphatic rings. The highest BCUT2D eigenvalue weighted by molar-refractivity contribution is 7.26. The van der Waals surface area contributed by atoms with E-state index in [2.05, 4.69) is 16.5 Å². The van der Waals surface area contributed by atoms with E-state index in [0.717, 1.165) is 31.4 Å². The highest BCUT2D eigenvalue weighted by atomic mass is 35.5. The van der Waals surface area contributed by atoms with Crippen LogP contribution in [-0.2, 0) is 0 Å². The van der Waals surface area contributed by atoms with Gasteiger partial charge in [0.25, 0.3) is 0 Å². The number of halogens is 1. The molecule has 0 radical (unpaired) electrons. The average molecular weight is 354 g/mol. The summed E-state index contributed by atoms with van der Waals surface area (Å²) in [5.41, 5.74) is 9.12. The number of nitrogens with two attached hydrogens (primary N) is 1. The van der Waals surface area contributed by atoms with E-state index < -0.39 is 0 Å². The molecule has 0 saturated carbocycles. The minimum Gasteiger partial charge on any atom is -0.508 e. The zero-order valence-corrected chi connectivity index (χ0v) is 14.0. The summed E-state index contributed by atoms with van der Waals surface area (Å²) in [7, 11) is 0. The molecule has 0 atom stereocenters. The summed E-state index contributed by atoms with van der Waals surface area (Å²) < 4.78 is 1.94. The molecule has 4 nitrogen and oxygen atoms in total. The lowest BCUT2D eigenvalue weighted by molar-refractivity contribution is 0.514. The maximum atomic E-state index is 9.67. The van der Waals surface area contributed by atoms with Gasteiger partial charge < -0.3 is 10.8 Å².